The highest BCUT2D eigenvalue weighted by molar-refractivity contribution is 5.90. The van der Waals surface area contributed by atoms with Crippen LogP contribution in [0.2, 0.25) is 0 Å². The summed E-state index contributed by atoms with van der Waals surface area (Å²) in [5.41, 5.74) is 5.20. The molecule has 0 bridgehead atoms. The minimum absolute atomic E-state index is 0.127. The number of nitrogens with one attached hydrogen (secondary N) is 4. The molecular formula is C44H36N4O10. The Hall–Kier alpha value is -7.32. The van der Waals surface area contributed by atoms with E-state index in [0.717, 1.165) is 38.2 Å². The average Bonchev–Trinajstić information content (AvgIpc) is 4.03. The van der Waals surface area contributed by atoms with Crippen molar-refractivity contribution >= 4 is 67.7 Å². The molecule has 5 heterocycles. The van der Waals surface area contributed by atoms with Crippen LogP contribution in [0.3, 0.4) is 0 Å². The molecule has 4 aromatic heterocycles. The Kier molecular flexibility index (Phi) is 9.81. The summed E-state index contributed by atoms with van der Waals surface area (Å²) in [6.07, 6.45) is -1.04. The minimum atomic E-state index is -1.64. The summed E-state index contributed by atoms with van der Waals surface area (Å²) in [5, 5.41) is 3.08. The highest BCUT2D eigenvalue weighted by atomic mass is 16.8. The highest BCUT2D eigenvalue weighted by Crippen LogP contribution is 2.30. The third-order valence-corrected chi connectivity index (χ3v) is 10.2. The van der Waals surface area contributed by atoms with Crippen molar-refractivity contribution in [1.82, 2.24) is 19.9 Å². The van der Waals surface area contributed by atoms with Crippen LogP contribution in [0.1, 0.15) is 16.7 Å². The maximum absolute atomic E-state index is 13.9. The molecule has 1 saturated heterocycles. The predicted molar refractivity (Wildman–Crippen MR) is 211 cm³/mol. The summed E-state index contributed by atoms with van der Waals surface area (Å²) >= 11 is 0. The number of fused-ring (bicyclic) bond motifs is 4. The van der Waals surface area contributed by atoms with Gasteiger partial charge in [-0.3, -0.25) is 14.4 Å². The van der Waals surface area contributed by atoms with Crippen molar-refractivity contribution in [1.29, 1.82) is 0 Å². The maximum atomic E-state index is 13.9. The van der Waals surface area contributed by atoms with E-state index < -0.39 is 48.7 Å². The Morgan fingerprint density at radius 2 is 0.914 bits per heavy atom. The minimum Gasteiger partial charge on any atom is -0.456 e. The van der Waals surface area contributed by atoms with Crippen molar-refractivity contribution in [2.45, 2.75) is 43.9 Å². The molecule has 9 rings (SSSR count). The molecule has 1 aliphatic heterocycles. The van der Waals surface area contributed by atoms with E-state index in [-0.39, 0.29) is 31.6 Å². The van der Waals surface area contributed by atoms with E-state index in [9.17, 15) is 19.2 Å². The van der Waals surface area contributed by atoms with Crippen molar-refractivity contribution in [2.24, 2.45) is 0 Å². The van der Waals surface area contributed by atoms with Gasteiger partial charge in [-0.1, -0.05) is 66.7 Å². The zero-order chi connectivity index (χ0) is 39.6. The summed E-state index contributed by atoms with van der Waals surface area (Å²) in [6, 6.07) is 29.6. The quantitative estimate of drug-likeness (QED) is 0.0791. The zero-order valence-corrected chi connectivity index (χ0v) is 30.8. The van der Waals surface area contributed by atoms with Gasteiger partial charge in [0.25, 0.3) is 0 Å². The van der Waals surface area contributed by atoms with Gasteiger partial charge in [-0.2, -0.15) is 0 Å². The van der Waals surface area contributed by atoms with Gasteiger partial charge in [-0.25, -0.2) is 4.79 Å². The van der Waals surface area contributed by atoms with Crippen LogP contribution in [-0.4, -0.2) is 75.2 Å². The SMILES string of the molecule is O=C(Cc1c[nH]c2ccccc12)O[C@@H]1[C@@H](OC(=O)Cc2c[nH]c3ccccc23)[C@H](OC(=O)Oc2c[nH]c3ccccc23)OC[C@@H]1OC(=O)Cc1c[nH]c2ccccc12. The fourth-order valence-electron chi connectivity index (χ4n) is 7.45. The van der Waals surface area contributed by atoms with Crippen molar-refractivity contribution in [3.05, 3.63) is 139 Å². The summed E-state index contributed by atoms with van der Waals surface area (Å²) < 4.78 is 35.3. The molecule has 14 nitrogen and oxygen atoms in total. The predicted octanol–water partition coefficient (Wildman–Crippen LogP) is 6.95. The number of aromatic amines is 4. The number of benzene rings is 4. The fourth-order valence-corrected chi connectivity index (χ4v) is 7.45. The molecule has 4 aromatic carbocycles. The number of hydrogen-bond donors (Lipinski definition) is 4. The number of ether oxygens (including phenoxy) is 6. The molecule has 0 unspecified atom stereocenters. The smallest absolute Gasteiger partial charge is 0.456 e. The van der Waals surface area contributed by atoms with E-state index in [0.29, 0.717) is 22.1 Å². The summed E-state index contributed by atoms with van der Waals surface area (Å²) in [7, 11) is 0. The van der Waals surface area contributed by atoms with E-state index in [1.54, 1.807) is 30.7 Å². The molecular weight excluding hydrogens is 745 g/mol. The number of rotatable bonds is 11. The van der Waals surface area contributed by atoms with Gasteiger partial charge in [0.05, 0.1) is 25.9 Å². The molecule has 0 aliphatic carbocycles. The lowest BCUT2D eigenvalue weighted by atomic mass is 10.0. The van der Waals surface area contributed by atoms with Gasteiger partial charge >= 0.3 is 24.1 Å². The fraction of sp³-hybridized carbons (Fsp3) is 0.182. The first kappa shape index (κ1) is 36.3. The van der Waals surface area contributed by atoms with Gasteiger partial charge in [-0.15, -0.1) is 0 Å². The van der Waals surface area contributed by atoms with Crippen molar-refractivity contribution in [3.8, 4) is 5.75 Å². The second-order valence-corrected chi connectivity index (χ2v) is 13.9. The van der Waals surface area contributed by atoms with Crippen molar-refractivity contribution < 1.29 is 47.6 Å². The zero-order valence-electron chi connectivity index (χ0n) is 30.8. The number of carbonyl (C=O) groups is 4. The molecule has 0 amide bonds. The van der Waals surface area contributed by atoms with Gasteiger partial charge < -0.3 is 48.4 Å². The van der Waals surface area contributed by atoms with Gasteiger partial charge in [0.1, 0.15) is 0 Å². The van der Waals surface area contributed by atoms with E-state index >= 15 is 0 Å². The molecule has 1 fully saturated rings. The number of esters is 3. The van der Waals surface area contributed by atoms with E-state index in [1.807, 2.05) is 84.9 Å². The van der Waals surface area contributed by atoms with Crippen LogP contribution in [0.25, 0.3) is 43.6 Å². The Labute approximate surface area is 329 Å². The molecule has 0 saturated carbocycles. The van der Waals surface area contributed by atoms with Crippen molar-refractivity contribution in [3.63, 3.8) is 0 Å². The molecule has 8 aromatic rings. The Balaban J connectivity index is 1.01. The number of H-pyrrole nitrogens is 4. The molecule has 4 atom stereocenters. The lowest BCUT2D eigenvalue weighted by Gasteiger charge is -2.39. The molecule has 4 N–H and O–H groups in total. The third-order valence-electron chi connectivity index (χ3n) is 10.2. The van der Waals surface area contributed by atoms with Crippen LogP contribution >= 0.6 is 0 Å². The Bertz CT molecular complexity index is 2610. The first-order chi connectivity index (χ1) is 28.4. The van der Waals surface area contributed by atoms with Gasteiger partial charge in [0.15, 0.2) is 18.0 Å². The largest absolute Gasteiger partial charge is 0.516 e. The first-order valence-corrected chi connectivity index (χ1v) is 18.7. The normalized spacial score (nSPS) is 18.0. The molecule has 1 aliphatic rings. The van der Waals surface area contributed by atoms with Crippen LogP contribution in [0.15, 0.2) is 122 Å². The van der Waals surface area contributed by atoms with Crippen LogP contribution in [0.4, 0.5) is 4.79 Å². The van der Waals surface area contributed by atoms with Crippen LogP contribution < -0.4 is 4.74 Å². The standard InChI is InChI=1S/C44H36N4O10/c49-38(17-25-20-45-32-13-5-1-9-28(25)32)54-37-24-53-43(58-44(52)55-36-23-48-35-16-8-4-12-31(35)36)42(57-40(51)19-27-22-47-34-15-7-3-11-30(27)34)41(37)56-39(50)18-26-21-46-33-14-6-2-10-29(26)33/h1-16,20-23,37,41-43,45-48H,17-19,24H2/t37-,41-,42+,43-/m0/s1. The Morgan fingerprint density at radius 3 is 1.43 bits per heavy atom. The summed E-state index contributed by atoms with van der Waals surface area (Å²) in [5.74, 6) is -1.93. The first-order valence-electron chi connectivity index (χ1n) is 18.7. The number of hydrogen-bond acceptors (Lipinski definition) is 10. The monoisotopic (exact) mass is 780 g/mol. The number of para-hydroxylation sites is 4. The molecule has 292 valence electrons. The van der Waals surface area contributed by atoms with Crippen LogP contribution in [-0.2, 0) is 57.3 Å². The second kappa shape index (κ2) is 15.7. The van der Waals surface area contributed by atoms with E-state index in [4.69, 9.17) is 28.4 Å². The average molecular weight is 781 g/mol. The lowest BCUT2D eigenvalue weighted by Crippen LogP contribution is -2.59. The molecule has 14 heteroatoms. The van der Waals surface area contributed by atoms with Gasteiger partial charge in [-0.05, 0) is 47.0 Å². The van der Waals surface area contributed by atoms with Crippen molar-refractivity contribution in [2.75, 3.05) is 6.61 Å². The highest BCUT2D eigenvalue weighted by Gasteiger charge is 2.50. The Morgan fingerprint density at radius 1 is 0.500 bits per heavy atom. The van der Waals surface area contributed by atoms with Crippen LogP contribution in [0, 0.1) is 0 Å². The topological polar surface area (TPSA) is 187 Å². The van der Waals surface area contributed by atoms with E-state index in [1.165, 1.54) is 6.20 Å². The lowest BCUT2D eigenvalue weighted by molar-refractivity contribution is -0.269. The maximum Gasteiger partial charge on any atom is 0.516 e. The summed E-state index contributed by atoms with van der Waals surface area (Å²) in [4.78, 5) is 67.1. The van der Waals surface area contributed by atoms with E-state index in [2.05, 4.69) is 19.9 Å². The number of aromatic nitrogens is 4. The summed E-state index contributed by atoms with van der Waals surface area (Å²) in [6.45, 7) is -0.383. The second-order valence-electron chi connectivity index (χ2n) is 13.9. The van der Waals surface area contributed by atoms with Crippen LogP contribution in [0.5, 0.6) is 5.75 Å². The molecule has 58 heavy (non-hydrogen) atoms. The molecule has 0 spiro atoms. The molecule has 0 radical (unpaired) electrons. The number of carbonyl (C=O) groups excluding carboxylic acids is 4. The van der Waals surface area contributed by atoms with Gasteiger partial charge in [0, 0.05) is 68.4 Å². The van der Waals surface area contributed by atoms with Gasteiger partial charge in [0.2, 0.25) is 12.4 Å². The third kappa shape index (κ3) is 7.47.